The summed E-state index contributed by atoms with van der Waals surface area (Å²) in [6, 6.07) is 17.1. The highest BCUT2D eigenvalue weighted by atomic mass is 16.5. The standard InChI is InChI=1S/C23H32N2O2/c1-4-26-21-12-11-20(15-22(21)27-5-2)16-23(3)18-24-13-14-25(23)17-19-9-7-6-8-10-19/h6-12,15,24H,4-5,13-14,16-18H2,1-3H3. The van der Waals surface area contributed by atoms with E-state index in [-0.39, 0.29) is 5.54 Å². The Morgan fingerprint density at radius 3 is 2.44 bits per heavy atom. The number of hydrogen-bond donors (Lipinski definition) is 1. The van der Waals surface area contributed by atoms with Gasteiger partial charge in [0.2, 0.25) is 0 Å². The van der Waals surface area contributed by atoms with Crippen molar-refractivity contribution in [2.45, 2.75) is 39.3 Å². The molecule has 3 rings (SSSR count). The lowest BCUT2D eigenvalue weighted by Crippen LogP contribution is -2.60. The van der Waals surface area contributed by atoms with E-state index in [9.17, 15) is 0 Å². The van der Waals surface area contributed by atoms with E-state index in [1.807, 2.05) is 19.9 Å². The van der Waals surface area contributed by atoms with Crippen LogP contribution in [-0.2, 0) is 13.0 Å². The maximum Gasteiger partial charge on any atom is 0.161 e. The molecule has 0 spiro atoms. The van der Waals surface area contributed by atoms with Crippen LogP contribution in [0.5, 0.6) is 11.5 Å². The first-order chi connectivity index (χ1) is 13.1. The Bertz CT molecular complexity index is 720. The van der Waals surface area contributed by atoms with Crippen molar-refractivity contribution in [2.24, 2.45) is 0 Å². The zero-order valence-corrected chi connectivity index (χ0v) is 16.8. The van der Waals surface area contributed by atoms with Crippen molar-refractivity contribution in [1.29, 1.82) is 0 Å². The SMILES string of the molecule is CCOc1ccc(CC2(C)CNCCN2Cc2ccccc2)cc1OCC. The molecule has 1 aliphatic rings. The third kappa shape index (κ3) is 5.02. The van der Waals surface area contributed by atoms with E-state index in [4.69, 9.17) is 9.47 Å². The third-order valence-corrected chi connectivity index (χ3v) is 5.24. The molecule has 0 aliphatic carbocycles. The van der Waals surface area contributed by atoms with Gasteiger partial charge in [-0.3, -0.25) is 4.90 Å². The lowest BCUT2D eigenvalue weighted by Gasteiger charge is -2.45. The van der Waals surface area contributed by atoms with Crippen molar-refractivity contribution in [3.63, 3.8) is 0 Å². The minimum Gasteiger partial charge on any atom is -0.490 e. The van der Waals surface area contributed by atoms with Crippen molar-refractivity contribution >= 4 is 0 Å². The smallest absolute Gasteiger partial charge is 0.161 e. The second kappa shape index (κ2) is 9.25. The Labute approximate surface area is 163 Å². The summed E-state index contributed by atoms with van der Waals surface area (Å²) in [4.78, 5) is 2.61. The molecule has 0 aromatic heterocycles. The lowest BCUT2D eigenvalue weighted by atomic mass is 9.88. The van der Waals surface area contributed by atoms with E-state index >= 15 is 0 Å². The lowest BCUT2D eigenvalue weighted by molar-refractivity contribution is 0.0671. The second-order valence-electron chi connectivity index (χ2n) is 7.40. The van der Waals surface area contributed by atoms with Gasteiger partial charge >= 0.3 is 0 Å². The summed E-state index contributed by atoms with van der Waals surface area (Å²) < 4.78 is 11.5. The highest BCUT2D eigenvalue weighted by Gasteiger charge is 2.34. The molecule has 1 atom stereocenters. The van der Waals surface area contributed by atoms with Gasteiger partial charge < -0.3 is 14.8 Å². The van der Waals surface area contributed by atoms with Crippen LogP contribution in [0.1, 0.15) is 31.9 Å². The largest absolute Gasteiger partial charge is 0.490 e. The van der Waals surface area contributed by atoms with Crippen molar-refractivity contribution in [2.75, 3.05) is 32.8 Å². The molecule has 0 saturated carbocycles. The Hall–Kier alpha value is -2.04. The molecule has 1 heterocycles. The molecular formula is C23H32N2O2. The zero-order chi connectivity index (χ0) is 19.1. The summed E-state index contributed by atoms with van der Waals surface area (Å²) in [5.41, 5.74) is 2.71. The minimum absolute atomic E-state index is 0.0602. The van der Waals surface area contributed by atoms with Crippen LogP contribution in [-0.4, -0.2) is 43.3 Å². The summed E-state index contributed by atoms with van der Waals surface area (Å²) >= 11 is 0. The maximum atomic E-state index is 5.82. The molecule has 27 heavy (non-hydrogen) atoms. The number of rotatable bonds is 8. The van der Waals surface area contributed by atoms with Crippen molar-refractivity contribution in [3.05, 3.63) is 59.7 Å². The average molecular weight is 369 g/mol. The van der Waals surface area contributed by atoms with Gasteiger partial charge in [-0.05, 0) is 50.5 Å². The summed E-state index contributed by atoms with van der Waals surface area (Å²) in [5.74, 6) is 1.68. The van der Waals surface area contributed by atoms with E-state index in [0.29, 0.717) is 13.2 Å². The van der Waals surface area contributed by atoms with Crippen molar-refractivity contribution in [3.8, 4) is 11.5 Å². The number of nitrogens with one attached hydrogen (secondary N) is 1. The molecule has 4 nitrogen and oxygen atoms in total. The molecule has 146 valence electrons. The number of piperazine rings is 1. The molecular weight excluding hydrogens is 336 g/mol. The average Bonchev–Trinajstić information content (AvgIpc) is 2.67. The fourth-order valence-corrected chi connectivity index (χ4v) is 3.85. The van der Waals surface area contributed by atoms with Crippen LogP contribution in [0.15, 0.2) is 48.5 Å². The molecule has 1 N–H and O–H groups in total. The van der Waals surface area contributed by atoms with Crippen LogP contribution in [0.3, 0.4) is 0 Å². The fraction of sp³-hybridized carbons (Fsp3) is 0.478. The predicted octanol–water partition coefficient (Wildman–Crippen LogP) is 3.89. The Balaban J connectivity index is 1.79. The molecule has 1 unspecified atom stereocenters. The van der Waals surface area contributed by atoms with Crippen LogP contribution in [0.2, 0.25) is 0 Å². The van der Waals surface area contributed by atoms with Crippen LogP contribution >= 0.6 is 0 Å². The van der Waals surface area contributed by atoms with Crippen LogP contribution in [0.25, 0.3) is 0 Å². The molecule has 0 amide bonds. The molecule has 4 heteroatoms. The number of ether oxygens (including phenoxy) is 2. The third-order valence-electron chi connectivity index (χ3n) is 5.24. The van der Waals surface area contributed by atoms with Gasteiger partial charge in [-0.15, -0.1) is 0 Å². The minimum atomic E-state index is 0.0602. The van der Waals surface area contributed by atoms with Gasteiger partial charge in [0, 0.05) is 31.7 Å². The Morgan fingerprint density at radius 1 is 0.963 bits per heavy atom. The van der Waals surface area contributed by atoms with Gasteiger partial charge in [-0.2, -0.15) is 0 Å². The first-order valence-electron chi connectivity index (χ1n) is 10.0. The van der Waals surface area contributed by atoms with Gasteiger partial charge in [0.15, 0.2) is 11.5 Å². The topological polar surface area (TPSA) is 33.7 Å². The van der Waals surface area contributed by atoms with E-state index in [0.717, 1.165) is 44.1 Å². The van der Waals surface area contributed by atoms with E-state index in [1.165, 1.54) is 11.1 Å². The molecule has 2 aromatic carbocycles. The second-order valence-corrected chi connectivity index (χ2v) is 7.40. The molecule has 0 radical (unpaired) electrons. The molecule has 1 aliphatic heterocycles. The Morgan fingerprint density at radius 2 is 1.70 bits per heavy atom. The summed E-state index contributed by atoms with van der Waals surface area (Å²) in [5, 5.41) is 3.59. The van der Waals surface area contributed by atoms with Crippen molar-refractivity contribution < 1.29 is 9.47 Å². The summed E-state index contributed by atoms with van der Waals surface area (Å²) in [6.45, 7) is 11.7. The van der Waals surface area contributed by atoms with Crippen LogP contribution in [0.4, 0.5) is 0 Å². The van der Waals surface area contributed by atoms with E-state index < -0.39 is 0 Å². The van der Waals surface area contributed by atoms with Crippen LogP contribution in [0, 0.1) is 0 Å². The highest BCUT2D eigenvalue weighted by molar-refractivity contribution is 5.43. The fourth-order valence-electron chi connectivity index (χ4n) is 3.85. The first-order valence-corrected chi connectivity index (χ1v) is 10.0. The van der Waals surface area contributed by atoms with Gasteiger partial charge in [0.05, 0.1) is 13.2 Å². The summed E-state index contributed by atoms with van der Waals surface area (Å²) in [7, 11) is 0. The number of benzene rings is 2. The van der Waals surface area contributed by atoms with Gasteiger partial charge in [-0.25, -0.2) is 0 Å². The monoisotopic (exact) mass is 368 g/mol. The van der Waals surface area contributed by atoms with Gasteiger partial charge in [-0.1, -0.05) is 36.4 Å². The van der Waals surface area contributed by atoms with E-state index in [2.05, 4.69) is 59.6 Å². The quantitative estimate of drug-likeness (QED) is 0.766. The maximum absolute atomic E-state index is 5.82. The molecule has 1 fully saturated rings. The van der Waals surface area contributed by atoms with E-state index in [1.54, 1.807) is 0 Å². The van der Waals surface area contributed by atoms with Gasteiger partial charge in [0.25, 0.3) is 0 Å². The normalized spacial score (nSPS) is 20.4. The molecule has 0 bridgehead atoms. The van der Waals surface area contributed by atoms with Crippen LogP contribution < -0.4 is 14.8 Å². The zero-order valence-electron chi connectivity index (χ0n) is 16.8. The molecule has 1 saturated heterocycles. The molecule has 2 aromatic rings. The predicted molar refractivity (Wildman–Crippen MR) is 111 cm³/mol. The van der Waals surface area contributed by atoms with Crippen molar-refractivity contribution in [1.82, 2.24) is 10.2 Å². The Kier molecular flexibility index (Phi) is 6.75. The number of nitrogens with zero attached hydrogens (tertiary/aromatic N) is 1. The first kappa shape index (κ1) is 19.7. The number of hydrogen-bond acceptors (Lipinski definition) is 4. The highest BCUT2D eigenvalue weighted by Crippen LogP contribution is 2.32. The van der Waals surface area contributed by atoms with Gasteiger partial charge in [0.1, 0.15) is 0 Å². The summed E-state index contributed by atoms with van der Waals surface area (Å²) in [6.07, 6.45) is 0.972.